The Kier molecular flexibility index (Phi) is 6.37. The second kappa shape index (κ2) is 9.23. The van der Waals surface area contributed by atoms with E-state index in [1.54, 1.807) is 30.3 Å². The molecular formula is C24H26ClN5O3. The molecule has 0 aliphatic rings. The first-order chi connectivity index (χ1) is 15.8. The van der Waals surface area contributed by atoms with E-state index >= 15 is 0 Å². The topological polar surface area (TPSA) is 90.4 Å². The smallest absolute Gasteiger partial charge is 0.350 e. The molecule has 9 heteroatoms. The minimum Gasteiger partial charge on any atom is -0.350 e. The van der Waals surface area contributed by atoms with Crippen LogP contribution in [0.4, 0.5) is 0 Å². The maximum Gasteiger partial charge on any atom is 0.352 e. The number of hydrogen-bond acceptors (Lipinski definition) is 4. The summed E-state index contributed by atoms with van der Waals surface area (Å²) in [5, 5.41) is 8.34. The number of rotatable bonds is 7. The Morgan fingerprint density at radius 1 is 1.15 bits per heavy atom. The third kappa shape index (κ3) is 4.30. The average Bonchev–Trinajstić information content (AvgIpc) is 3.12. The van der Waals surface area contributed by atoms with Gasteiger partial charge in [0.2, 0.25) is 5.78 Å². The number of nitrogens with one attached hydrogen (secondary N) is 1. The van der Waals surface area contributed by atoms with Crippen LogP contribution in [0.5, 0.6) is 0 Å². The standard InChI is InChI=1S/C24H26ClN5O3/c1-4-11-28-22(32)19-10-9-17(21(31)26-15(3)5-2)13-20(19)30-23(28)27-29(24(30)33)14-16-7-6-8-18(25)12-16/h6-10,12-13,15H,4-5,11,14H2,1-3H3,(H,26,31). The van der Waals surface area contributed by atoms with Gasteiger partial charge in [-0.05, 0) is 55.7 Å². The molecule has 0 fully saturated rings. The van der Waals surface area contributed by atoms with Crippen molar-refractivity contribution in [2.24, 2.45) is 0 Å². The molecule has 2 aromatic heterocycles. The molecule has 0 spiro atoms. The first kappa shape index (κ1) is 22.8. The number of benzene rings is 2. The van der Waals surface area contributed by atoms with Crippen molar-refractivity contribution in [3.05, 3.63) is 79.5 Å². The first-order valence-corrected chi connectivity index (χ1v) is 11.4. The van der Waals surface area contributed by atoms with Crippen molar-refractivity contribution in [1.82, 2.24) is 24.1 Å². The fraction of sp³-hybridized carbons (Fsp3) is 0.333. The lowest BCUT2D eigenvalue weighted by molar-refractivity contribution is 0.0939. The number of halogens is 1. The van der Waals surface area contributed by atoms with Gasteiger partial charge in [0.1, 0.15) is 0 Å². The second-order valence-corrected chi connectivity index (χ2v) is 8.61. The molecule has 0 bridgehead atoms. The van der Waals surface area contributed by atoms with Gasteiger partial charge in [0.05, 0.1) is 17.4 Å². The van der Waals surface area contributed by atoms with Crippen LogP contribution < -0.4 is 16.6 Å². The normalized spacial score (nSPS) is 12.4. The van der Waals surface area contributed by atoms with Gasteiger partial charge in [-0.3, -0.25) is 14.2 Å². The number of amides is 1. The molecule has 1 unspecified atom stereocenters. The van der Waals surface area contributed by atoms with E-state index in [2.05, 4.69) is 10.4 Å². The van der Waals surface area contributed by atoms with E-state index in [4.69, 9.17) is 11.6 Å². The fourth-order valence-electron chi connectivity index (χ4n) is 3.80. The van der Waals surface area contributed by atoms with E-state index in [1.807, 2.05) is 32.9 Å². The van der Waals surface area contributed by atoms with Gasteiger partial charge >= 0.3 is 5.69 Å². The van der Waals surface area contributed by atoms with Gasteiger partial charge in [-0.1, -0.05) is 37.6 Å². The molecule has 4 rings (SSSR count). The average molecular weight is 468 g/mol. The van der Waals surface area contributed by atoms with E-state index < -0.39 is 0 Å². The number of fused-ring (bicyclic) bond motifs is 3. The summed E-state index contributed by atoms with van der Waals surface area (Å²) in [5.41, 5.74) is 0.926. The highest BCUT2D eigenvalue weighted by atomic mass is 35.5. The summed E-state index contributed by atoms with van der Waals surface area (Å²) in [6.07, 6.45) is 1.49. The van der Waals surface area contributed by atoms with Crippen LogP contribution in [-0.2, 0) is 13.1 Å². The number of aromatic nitrogens is 4. The Morgan fingerprint density at radius 3 is 2.64 bits per heavy atom. The number of hydrogen-bond donors (Lipinski definition) is 1. The highest BCUT2D eigenvalue weighted by Crippen LogP contribution is 2.16. The summed E-state index contributed by atoms with van der Waals surface area (Å²) in [4.78, 5) is 39.4. The zero-order valence-corrected chi connectivity index (χ0v) is 19.6. The monoisotopic (exact) mass is 467 g/mol. The molecule has 0 saturated carbocycles. The minimum absolute atomic E-state index is 0.00828. The predicted octanol–water partition coefficient (Wildman–Crippen LogP) is 3.45. The van der Waals surface area contributed by atoms with Gasteiger partial charge in [-0.15, -0.1) is 5.10 Å². The third-order valence-corrected chi connectivity index (χ3v) is 5.93. The molecule has 1 N–H and O–H groups in total. The lowest BCUT2D eigenvalue weighted by Crippen LogP contribution is -2.32. The molecule has 33 heavy (non-hydrogen) atoms. The highest BCUT2D eigenvalue weighted by Gasteiger charge is 2.19. The lowest BCUT2D eigenvalue weighted by Gasteiger charge is -2.13. The maximum absolute atomic E-state index is 13.4. The van der Waals surface area contributed by atoms with Crippen LogP contribution in [0.15, 0.2) is 52.1 Å². The number of aryl methyl sites for hydroxylation is 1. The number of nitrogens with zero attached hydrogens (tertiary/aromatic N) is 4. The third-order valence-electron chi connectivity index (χ3n) is 5.70. The molecule has 172 valence electrons. The number of carbonyl (C=O) groups is 1. The van der Waals surface area contributed by atoms with Crippen molar-refractivity contribution in [2.45, 2.75) is 52.7 Å². The van der Waals surface area contributed by atoms with Crippen LogP contribution in [0.2, 0.25) is 5.02 Å². The Labute approximate surface area is 195 Å². The van der Waals surface area contributed by atoms with Crippen molar-refractivity contribution in [1.29, 1.82) is 0 Å². The van der Waals surface area contributed by atoms with Gasteiger partial charge in [0.25, 0.3) is 11.5 Å². The maximum atomic E-state index is 13.4. The molecule has 0 aliphatic carbocycles. The molecular weight excluding hydrogens is 442 g/mol. The zero-order chi connectivity index (χ0) is 23.7. The molecule has 8 nitrogen and oxygen atoms in total. The molecule has 0 radical (unpaired) electrons. The lowest BCUT2D eigenvalue weighted by atomic mass is 10.1. The molecule has 2 heterocycles. The molecule has 0 saturated heterocycles. The molecule has 1 atom stereocenters. The van der Waals surface area contributed by atoms with Gasteiger partial charge in [0.15, 0.2) is 0 Å². The van der Waals surface area contributed by atoms with Gasteiger partial charge in [0, 0.05) is 23.2 Å². The van der Waals surface area contributed by atoms with E-state index in [1.165, 1.54) is 13.6 Å². The summed E-state index contributed by atoms with van der Waals surface area (Å²) < 4.78 is 4.24. The van der Waals surface area contributed by atoms with Crippen LogP contribution in [0.3, 0.4) is 0 Å². The highest BCUT2D eigenvalue weighted by molar-refractivity contribution is 6.30. The van der Waals surface area contributed by atoms with Gasteiger partial charge < -0.3 is 5.32 Å². The summed E-state index contributed by atoms with van der Waals surface area (Å²) in [6.45, 7) is 6.49. The second-order valence-electron chi connectivity index (χ2n) is 8.18. The van der Waals surface area contributed by atoms with Crippen LogP contribution in [0, 0.1) is 0 Å². The Hall–Kier alpha value is -3.39. The molecule has 2 aromatic carbocycles. The minimum atomic E-state index is -0.390. The van der Waals surface area contributed by atoms with E-state index in [0.29, 0.717) is 34.5 Å². The van der Waals surface area contributed by atoms with E-state index in [-0.39, 0.29) is 35.5 Å². The van der Waals surface area contributed by atoms with Crippen molar-refractivity contribution >= 4 is 34.2 Å². The summed E-state index contributed by atoms with van der Waals surface area (Å²) in [6, 6.07) is 12.0. The van der Waals surface area contributed by atoms with Gasteiger partial charge in [-0.2, -0.15) is 0 Å². The Bertz CT molecular complexity index is 1470. The molecule has 0 aliphatic heterocycles. The molecule has 4 aromatic rings. The summed E-state index contributed by atoms with van der Waals surface area (Å²) in [5.74, 6) is -0.00244. The number of carbonyl (C=O) groups excluding carboxylic acids is 1. The first-order valence-electron chi connectivity index (χ1n) is 11.1. The predicted molar refractivity (Wildman–Crippen MR) is 129 cm³/mol. The van der Waals surface area contributed by atoms with Crippen molar-refractivity contribution < 1.29 is 4.79 Å². The van der Waals surface area contributed by atoms with Crippen LogP contribution in [0.1, 0.15) is 49.5 Å². The van der Waals surface area contributed by atoms with Crippen molar-refractivity contribution in [3.8, 4) is 0 Å². The van der Waals surface area contributed by atoms with Crippen molar-refractivity contribution in [3.63, 3.8) is 0 Å². The van der Waals surface area contributed by atoms with Crippen LogP contribution in [0.25, 0.3) is 16.7 Å². The summed E-state index contributed by atoms with van der Waals surface area (Å²) >= 11 is 6.09. The largest absolute Gasteiger partial charge is 0.352 e. The molecule has 1 amide bonds. The van der Waals surface area contributed by atoms with Crippen LogP contribution in [-0.4, -0.2) is 30.7 Å². The Morgan fingerprint density at radius 2 is 1.94 bits per heavy atom. The Balaban J connectivity index is 1.94. The zero-order valence-electron chi connectivity index (χ0n) is 18.8. The SMILES string of the molecule is CCCn1c(=O)c2ccc(C(=O)NC(C)CC)cc2n2c(=O)n(Cc3cccc(Cl)c3)nc12. The van der Waals surface area contributed by atoms with E-state index in [0.717, 1.165) is 12.0 Å². The van der Waals surface area contributed by atoms with Crippen molar-refractivity contribution in [2.75, 3.05) is 0 Å². The van der Waals surface area contributed by atoms with E-state index in [9.17, 15) is 14.4 Å². The van der Waals surface area contributed by atoms with Gasteiger partial charge in [-0.25, -0.2) is 13.9 Å². The van der Waals surface area contributed by atoms with Crippen LogP contribution >= 0.6 is 11.6 Å². The quantitative estimate of drug-likeness (QED) is 0.450. The fourth-order valence-corrected chi connectivity index (χ4v) is 4.02. The summed E-state index contributed by atoms with van der Waals surface area (Å²) in [7, 11) is 0.